The van der Waals surface area contributed by atoms with Crippen LogP contribution in [0.5, 0.6) is 0 Å². The fraction of sp³-hybridized carbons (Fsp3) is 0.812. The molecule has 1 aliphatic rings. The van der Waals surface area contributed by atoms with Crippen molar-refractivity contribution in [2.24, 2.45) is 5.41 Å². The molecule has 1 N–H and O–H groups in total. The van der Waals surface area contributed by atoms with E-state index < -0.39 is 24.3 Å². The lowest BCUT2D eigenvalue weighted by Gasteiger charge is -2.37. The van der Waals surface area contributed by atoms with Gasteiger partial charge in [0.05, 0.1) is 0 Å². The van der Waals surface area contributed by atoms with Gasteiger partial charge in [-0.2, -0.15) is 0 Å². The molecule has 1 heterocycles. The van der Waals surface area contributed by atoms with E-state index in [1.54, 1.807) is 0 Å². The van der Waals surface area contributed by atoms with E-state index in [1.807, 2.05) is 0 Å². The second-order valence-corrected chi connectivity index (χ2v) is 21.9. The highest BCUT2D eigenvalue weighted by Gasteiger charge is 2.30. The molecule has 74 heavy (non-hydrogen) atoms. The van der Waals surface area contributed by atoms with Gasteiger partial charge in [-0.25, -0.2) is 4.79 Å². The van der Waals surface area contributed by atoms with Gasteiger partial charge in [0.15, 0.2) is 6.10 Å². The summed E-state index contributed by atoms with van der Waals surface area (Å²) in [4.78, 5) is 54.7. The van der Waals surface area contributed by atoms with Crippen molar-refractivity contribution in [3.63, 3.8) is 0 Å². The van der Waals surface area contributed by atoms with Gasteiger partial charge in [-0.15, -0.1) is 0 Å². The van der Waals surface area contributed by atoms with Crippen molar-refractivity contribution in [1.29, 1.82) is 0 Å². The number of allylic oxidation sites excluding steroid dienone is 8. The van der Waals surface area contributed by atoms with Gasteiger partial charge < -0.3 is 29.2 Å². The molecule has 1 amide bonds. The van der Waals surface area contributed by atoms with Crippen LogP contribution >= 0.6 is 0 Å². The van der Waals surface area contributed by atoms with Crippen molar-refractivity contribution in [2.45, 2.75) is 290 Å². The molecule has 0 aromatic rings. The number of alkyl carbamates (subject to hydrolysis) is 1. The summed E-state index contributed by atoms with van der Waals surface area (Å²) in [5.41, 5.74) is 0.0219. The number of esters is 3. The molecule has 1 saturated heterocycles. The van der Waals surface area contributed by atoms with E-state index in [0.29, 0.717) is 19.4 Å². The van der Waals surface area contributed by atoms with Gasteiger partial charge in [0.1, 0.15) is 19.3 Å². The standard InChI is InChI=1S/C64H114N2O8/c1-6-9-12-15-18-21-24-26-28-30-32-35-38-41-44-47-60(67)71-55-59(56-72-61(68)48-45-42-39-36-33-31-29-27-25-22-19-16-13-10-7-2)73-62(69)50-49-58(46-43-40-37-34-23-20-17-14-11-8-3)74-63(70)65-57-64(4)51-53-66(5)54-52-64/h18-19,21-22,26-29,58-59H,6-17,20,23-25,30-57H2,1-5H3,(H,65,70)/b21-18-,22-19-,28-26-,29-27-. The Kier molecular flexibility index (Phi) is 46.7. The van der Waals surface area contributed by atoms with Crippen LogP contribution in [0.15, 0.2) is 48.6 Å². The van der Waals surface area contributed by atoms with E-state index in [4.69, 9.17) is 18.9 Å². The summed E-state index contributed by atoms with van der Waals surface area (Å²) in [7, 11) is 2.13. The molecule has 1 aliphatic heterocycles. The molecule has 1 fully saturated rings. The summed E-state index contributed by atoms with van der Waals surface area (Å²) in [6.45, 7) is 11.1. The molecule has 10 nitrogen and oxygen atoms in total. The molecule has 0 aliphatic carbocycles. The SMILES string of the molecule is CCCCC/C=C\C/C=C\CCCCCCCC(=O)OCC(COC(=O)CCCCCCC/C=C\C/C=C\CCCCC)OC(=O)CCC(CCCCCCCCCCCC)OC(=O)NCC1(C)CCN(C)CC1. The average molecular weight is 1040 g/mol. The minimum atomic E-state index is -0.926. The number of nitrogens with one attached hydrogen (secondary N) is 1. The lowest BCUT2D eigenvalue weighted by atomic mass is 9.80. The first kappa shape index (κ1) is 68.6. The van der Waals surface area contributed by atoms with Crippen LogP contribution in [0.25, 0.3) is 0 Å². The van der Waals surface area contributed by atoms with Gasteiger partial charge in [-0.3, -0.25) is 14.4 Å². The lowest BCUT2D eigenvalue weighted by molar-refractivity contribution is -0.167. The predicted octanol–water partition coefficient (Wildman–Crippen LogP) is 17.5. The van der Waals surface area contributed by atoms with E-state index in [-0.39, 0.29) is 49.8 Å². The summed E-state index contributed by atoms with van der Waals surface area (Å²) >= 11 is 0. The lowest BCUT2D eigenvalue weighted by Crippen LogP contribution is -2.44. The number of likely N-dealkylation sites (tertiary alicyclic amines) is 1. The molecular weight excluding hydrogens is 925 g/mol. The first-order valence-electron chi connectivity index (χ1n) is 30.8. The third kappa shape index (κ3) is 44.9. The largest absolute Gasteiger partial charge is 0.462 e. The quantitative estimate of drug-likeness (QED) is 0.0275. The van der Waals surface area contributed by atoms with Crippen LogP contribution in [0.4, 0.5) is 4.79 Å². The van der Waals surface area contributed by atoms with Crippen molar-refractivity contribution in [2.75, 3.05) is 39.9 Å². The van der Waals surface area contributed by atoms with Crippen LogP contribution in [0.2, 0.25) is 0 Å². The summed E-state index contributed by atoms with van der Waals surface area (Å²) < 4.78 is 23.1. The number of ether oxygens (including phenoxy) is 4. The number of carbonyl (C=O) groups is 4. The van der Waals surface area contributed by atoms with Crippen molar-refractivity contribution in [3.05, 3.63) is 48.6 Å². The molecule has 0 bridgehead atoms. The number of carbonyl (C=O) groups excluding carboxylic acids is 4. The second-order valence-electron chi connectivity index (χ2n) is 21.9. The molecule has 0 radical (unpaired) electrons. The van der Waals surface area contributed by atoms with E-state index in [9.17, 15) is 19.2 Å². The van der Waals surface area contributed by atoms with E-state index in [0.717, 1.165) is 135 Å². The zero-order chi connectivity index (χ0) is 53.8. The van der Waals surface area contributed by atoms with Gasteiger partial charge in [0.25, 0.3) is 0 Å². The van der Waals surface area contributed by atoms with Gasteiger partial charge in [-0.05, 0) is 135 Å². The minimum Gasteiger partial charge on any atom is -0.462 e. The highest BCUT2D eigenvalue weighted by Crippen LogP contribution is 2.29. The predicted molar refractivity (Wildman–Crippen MR) is 309 cm³/mol. The minimum absolute atomic E-state index is 0.0219. The summed E-state index contributed by atoms with van der Waals surface area (Å²) in [6.07, 6.45) is 56.2. The van der Waals surface area contributed by atoms with Crippen molar-refractivity contribution in [3.8, 4) is 0 Å². The molecule has 10 heteroatoms. The molecule has 1 unspecified atom stereocenters. The Bertz CT molecular complexity index is 1400. The Morgan fingerprint density at radius 3 is 1.31 bits per heavy atom. The Balaban J connectivity index is 2.69. The molecule has 1 atom stereocenters. The summed E-state index contributed by atoms with van der Waals surface area (Å²) in [6, 6.07) is 0. The molecular formula is C64H114N2O8. The maximum Gasteiger partial charge on any atom is 0.407 e. The van der Waals surface area contributed by atoms with E-state index in [1.165, 1.54) is 96.3 Å². The number of unbranched alkanes of at least 4 members (excludes halogenated alkanes) is 25. The van der Waals surface area contributed by atoms with Crippen LogP contribution in [0.3, 0.4) is 0 Å². The third-order valence-corrected chi connectivity index (χ3v) is 14.5. The number of piperidine rings is 1. The van der Waals surface area contributed by atoms with Crippen LogP contribution in [0.1, 0.15) is 278 Å². The Hall–Kier alpha value is -3.40. The van der Waals surface area contributed by atoms with E-state index in [2.05, 4.69) is 93.6 Å². The van der Waals surface area contributed by atoms with Gasteiger partial charge in [0.2, 0.25) is 0 Å². The smallest absolute Gasteiger partial charge is 0.407 e. The fourth-order valence-electron chi connectivity index (χ4n) is 9.25. The second kappa shape index (κ2) is 50.4. The molecule has 428 valence electrons. The Labute approximate surface area is 454 Å². The topological polar surface area (TPSA) is 120 Å². The number of rotatable bonds is 50. The van der Waals surface area contributed by atoms with Crippen molar-refractivity contribution < 1.29 is 38.1 Å². The van der Waals surface area contributed by atoms with Crippen molar-refractivity contribution in [1.82, 2.24) is 10.2 Å². The van der Waals surface area contributed by atoms with Gasteiger partial charge in [0, 0.05) is 25.8 Å². The van der Waals surface area contributed by atoms with Crippen molar-refractivity contribution >= 4 is 24.0 Å². The van der Waals surface area contributed by atoms with Crippen LogP contribution in [0, 0.1) is 5.41 Å². The number of hydrogen-bond acceptors (Lipinski definition) is 9. The maximum absolute atomic E-state index is 13.5. The Morgan fingerprint density at radius 2 is 0.851 bits per heavy atom. The molecule has 0 aromatic heterocycles. The highest BCUT2D eigenvalue weighted by molar-refractivity contribution is 5.71. The van der Waals surface area contributed by atoms with E-state index >= 15 is 0 Å². The number of nitrogens with zero attached hydrogens (tertiary/aromatic N) is 1. The van der Waals surface area contributed by atoms with Gasteiger partial charge >= 0.3 is 24.0 Å². The van der Waals surface area contributed by atoms with Crippen LogP contribution < -0.4 is 5.32 Å². The van der Waals surface area contributed by atoms with Crippen LogP contribution in [-0.4, -0.2) is 81.0 Å². The molecule has 0 spiro atoms. The molecule has 1 rings (SSSR count). The summed E-state index contributed by atoms with van der Waals surface area (Å²) in [5, 5.41) is 3.04. The normalized spacial score (nSPS) is 14.5. The zero-order valence-electron chi connectivity index (χ0n) is 48.6. The number of amides is 1. The number of hydrogen-bond donors (Lipinski definition) is 1. The first-order valence-corrected chi connectivity index (χ1v) is 30.8. The first-order chi connectivity index (χ1) is 36.1. The highest BCUT2D eigenvalue weighted by atomic mass is 16.6. The average Bonchev–Trinajstić information content (AvgIpc) is 3.39. The molecule has 0 saturated carbocycles. The fourth-order valence-corrected chi connectivity index (χ4v) is 9.25. The maximum atomic E-state index is 13.5. The third-order valence-electron chi connectivity index (χ3n) is 14.5. The monoisotopic (exact) mass is 1040 g/mol. The summed E-state index contributed by atoms with van der Waals surface area (Å²) in [5.74, 6) is -1.20. The van der Waals surface area contributed by atoms with Gasteiger partial charge in [-0.1, -0.05) is 198 Å². The Morgan fingerprint density at radius 1 is 0.459 bits per heavy atom. The molecule has 0 aromatic carbocycles. The zero-order valence-corrected chi connectivity index (χ0v) is 48.6. The van der Waals surface area contributed by atoms with Crippen LogP contribution in [-0.2, 0) is 33.3 Å².